The molecular weight excluding hydrogens is 474 g/mol. The highest BCUT2D eigenvalue weighted by molar-refractivity contribution is 7.92. The third kappa shape index (κ3) is 4.90. The lowest BCUT2D eigenvalue weighted by Gasteiger charge is -2.15. The van der Waals surface area contributed by atoms with Crippen LogP contribution in [-0.4, -0.2) is 36.4 Å². The van der Waals surface area contributed by atoms with Gasteiger partial charge in [-0.05, 0) is 43.2 Å². The van der Waals surface area contributed by atoms with Gasteiger partial charge in [0.25, 0.3) is 15.9 Å². The van der Waals surface area contributed by atoms with Gasteiger partial charge in [-0.3, -0.25) is 14.5 Å². The van der Waals surface area contributed by atoms with Crippen molar-refractivity contribution in [1.29, 1.82) is 0 Å². The SMILES string of the molecule is COc1ncc(NC(=O)c2csc(-c3cccnc3)n2)cc1S(=O)(=O)Nc1c(C)cccc1C. The number of carbonyl (C=O) groups is 1. The van der Waals surface area contributed by atoms with Crippen molar-refractivity contribution in [1.82, 2.24) is 15.0 Å². The molecule has 0 spiro atoms. The first-order valence-electron chi connectivity index (χ1n) is 10.1. The topological polar surface area (TPSA) is 123 Å². The number of nitrogens with zero attached hydrogens (tertiary/aromatic N) is 3. The second-order valence-electron chi connectivity index (χ2n) is 7.34. The molecule has 4 aromatic rings. The summed E-state index contributed by atoms with van der Waals surface area (Å²) in [4.78, 5) is 25.0. The molecule has 0 atom stereocenters. The molecule has 174 valence electrons. The van der Waals surface area contributed by atoms with Gasteiger partial charge in [-0.25, -0.2) is 18.4 Å². The van der Waals surface area contributed by atoms with Crippen molar-refractivity contribution < 1.29 is 17.9 Å². The van der Waals surface area contributed by atoms with E-state index in [4.69, 9.17) is 4.74 Å². The zero-order valence-corrected chi connectivity index (χ0v) is 20.2. The molecule has 0 bridgehead atoms. The highest BCUT2D eigenvalue weighted by atomic mass is 32.2. The molecule has 0 saturated carbocycles. The number of aromatic nitrogens is 3. The van der Waals surface area contributed by atoms with E-state index in [1.165, 1.54) is 30.7 Å². The average molecular weight is 496 g/mol. The standard InChI is InChI=1S/C23H21N5O4S2/c1-14-6-4-7-15(2)20(14)28-34(30,31)19-10-17(12-25-22(19)32-3)26-21(29)18-13-33-23(27-18)16-8-5-9-24-11-16/h4-13,28H,1-3H3,(H,26,29). The Bertz CT molecular complexity index is 1430. The molecule has 0 aliphatic heterocycles. The van der Waals surface area contributed by atoms with Gasteiger partial charge in [-0.15, -0.1) is 11.3 Å². The van der Waals surface area contributed by atoms with Crippen molar-refractivity contribution in [3.8, 4) is 16.5 Å². The van der Waals surface area contributed by atoms with Gasteiger partial charge in [0.2, 0.25) is 5.88 Å². The molecule has 0 unspecified atom stereocenters. The number of anilines is 2. The fraction of sp³-hybridized carbons (Fsp3) is 0.130. The van der Waals surface area contributed by atoms with E-state index in [9.17, 15) is 13.2 Å². The van der Waals surface area contributed by atoms with Gasteiger partial charge >= 0.3 is 0 Å². The van der Waals surface area contributed by atoms with Crippen molar-refractivity contribution >= 4 is 38.6 Å². The minimum atomic E-state index is -4.07. The van der Waals surface area contributed by atoms with Gasteiger partial charge in [-0.2, -0.15) is 0 Å². The molecule has 11 heteroatoms. The first-order valence-corrected chi connectivity index (χ1v) is 12.4. The van der Waals surface area contributed by atoms with Crippen molar-refractivity contribution in [3.05, 3.63) is 77.2 Å². The van der Waals surface area contributed by atoms with E-state index < -0.39 is 15.9 Å². The van der Waals surface area contributed by atoms with E-state index in [0.717, 1.165) is 16.7 Å². The van der Waals surface area contributed by atoms with Crippen LogP contribution >= 0.6 is 11.3 Å². The normalized spacial score (nSPS) is 11.1. The Kier molecular flexibility index (Phi) is 6.57. The highest BCUT2D eigenvalue weighted by Gasteiger charge is 2.24. The van der Waals surface area contributed by atoms with Crippen LogP contribution in [0, 0.1) is 13.8 Å². The van der Waals surface area contributed by atoms with Crippen molar-refractivity contribution in [2.75, 3.05) is 17.1 Å². The molecule has 0 aliphatic carbocycles. The molecular formula is C23H21N5O4S2. The zero-order chi connectivity index (χ0) is 24.3. The van der Waals surface area contributed by atoms with Crippen LogP contribution in [0.5, 0.6) is 5.88 Å². The number of methoxy groups -OCH3 is 1. The number of pyridine rings is 2. The Hall–Kier alpha value is -3.83. The van der Waals surface area contributed by atoms with E-state index in [1.807, 2.05) is 38.1 Å². The Balaban J connectivity index is 1.60. The molecule has 3 aromatic heterocycles. The number of benzene rings is 1. The maximum atomic E-state index is 13.2. The number of sulfonamides is 1. The van der Waals surface area contributed by atoms with Crippen molar-refractivity contribution in [2.45, 2.75) is 18.7 Å². The Morgan fingerprint density at radius 2 is 1.85 bits per heavy atom. The fourth-order valence-corrected chi connectivity index (χ4v) is 5.35. The molecule has 4 rings (SSSR count). The molecule has 0 aliphatic rings. The summed E-state index contributed by atoms with van der Waals surface area (Å²) in [6.45, 7) is 3.62. The van der Waals surface area contributed by atoms with Crippen molar-refractivity contribution in [2.24, 2.45) is 0 Å². The summed E-state index contributed by atoms with van der Waals surface area (Å²) in [6, 6.07) is 10.4. The van der Waals surface area contributed by atoms with E-state index in [2.05, 4.69) is 25.0 Å². The summed E-state index contributed by atoms with van der Waals surface area (Å²) >= 11 is 1.31. The summed E-state index contributed by atoms with van der Waals surface area (Å²) in [5.41, 5.74) is 3.19. The predicted molar refractivity (Wildman–Crippen MR) is 131 cm³/mol. The average Bonchev–Trinajstić information content (AvgIpc) is 3.33. The van der Waals surface area contributed by atoms with Gasteiger partial charge in [0.05, 0.1) is 24.7 Å². The summed E-state index contributed by atoms with van der Waals surface area (Å²) in [6.07, 6.45) is 4.64. The van der Waals surface area contributed by atoms with Crippen LogP contribution in [0.25, 0.3) is 10.6 Å². The number of ether oxygens (including phenoxy) is 1. The van der Waals surface area contributed by atoms with E-state index in [-0.39, 0.29) is 22.2 Å². The molecule has 0 radical (unpaired) electrons. The molecule has 2 N–H and O–H groups in total. The number of hydrogen-bond donors (Lipinski definition) is 2. The monoisotopic (exact) mass is 495 g/mol. The lowest BCUT2D eigenvalue weighted by molar-refractivity contribution is 0.102. The lowest BCUT2D eigenvalue weighted by Crippen LogP contribution is -2.18. The first-order chi connectivity index (χ1) is 16.3. The molecule has 34 heavy (non-hydrogen) atoms. The van der Waals surface area contributed by atoms with Crippen molar-refractivity contribution in [3.63, 3.8) is 0 Å². The second kappa shape index (κ2) is 9.57. The smallest absolute Gasteiger partial charge is 0.275 e. The Morgan fingerprint density at radius 1 is 1.09 bits per heavy atom. The van der Waals surface area contributed by atoms with Crippen LogP contribution in [0.3, 0.4) is 0 Å². The van der Waals surface area contributed by atoms with Crippen LogP contribution < -0.4 is 14.8 Å². The minimum Gasteiger partial charge on any atom is -0.480 e. The zero-order valence-electron chi connectivity index (χ0n) is 18.6. The van der Waals surface area contributed by atoms with Crippen LogP contribution in [0.4, 0.5) is 11.4 Å². The van der Waals surface area contributed by atoms with Crippen LogP contribution in [0.15, 0.2) is 65.3 Å². The van der Waals surface area contributed by atoms with E-state index >= 15 is 0 Å². The number of hydrogen-bond acceptors (Lipinski definition) is 8. The molecule has 1 amide bonds. The molecule has 9 nitrogen and oxygen atoms in total. The fourth-order valence-electron chi connectivity index (χ4n) is 3.21. The predicted octanol–water partition coefficient (Wildman–Crippen LogP) is 4.28. The number of nitrogens with one attached hydrogen (secondary N) is 2. The van der Waals surface area contributed by atoms with Gasteiger partial charge < -0.3 is 10.1 Å². The molecule has 3 heterocycles. The Morgan fingerprint density at radius 3 is 2.53 bits per heavy atom. The molecule has 1 aromatic carbocycles. The van der Waals surface area contributed by atoms with E-state index in [0.29, 0.717) is 10.7 Å². The number of aryl methyl sites for hydroxylation is 2. The van der Waals surface area contributed by atoms with Crippen LogP contribution in [0.1, 0.15) is 21.6 Å². The maximum Gasteiger partial charge on any atom is 0.275 e. The number of amides is 1. The first kappa shape index (κ1) is 23.3. The van der Waals surface area contributed by atoms with Crippen LogP contribution in [-0.2, 0) is 10.0 Å². The Labute approximate surface area is 200 Å². The highest BCUT2D eigenvalue weighted by Crippen LogP contribution is 2.29. The maximum absolute atomic E-state index is 13.2. The minimum absolute atomic E-state index is 0.0933. The third-order valence-electron chi connectivity index (χ3n) is 4.92. The quantitative estimate of drug-likeness (QED) is 0.392. The van der Waals surface area contributed by atoms with Gasteiger partial charge in [-0.1, -0.05) is 18.2 Å². The lowest BCUT2D eigenvalue weighted by atomic mass is 10.1. The third-order valence-corrected chi connectivity index (χ3v) is 7.16. The number of para-hydroxylation sites is 1. The largest absolute Gasteiger partial charge is 0.480 e. The second-order valence-corrected chi connectivity index (χ2v) is 9.85. The summed E-state index contributed by atoms with van der Waals surface area (Å²) in [7, 11) is -2.74. The van der Waals surface area contributed by atoms with E-state index in [1.54, 1.807) is 23.8 Å². The van der Waals surface area contributed by atoms with Crippen LogP contribution in [0.2, 0.25) is 0 Å². The van der Waals surface area contributed by atoms with Gasteiger partial charge in [0.15, 0.2) is 4.90 Å². The van der Waals surface area contributed by atoms with Gasteiger partial charge in [0.1, 0.15) is 10.7 Å². The summed E-state index contributed by atoms with van der Waals surface area (Å²) in [5.74, 6) is -0.589. The van der Waals surface area contributed by atoms with Gasteiger partial charge in [0, 0.05) is 23.3 Å². The molecule has 0 fully saturated rings. The molecule has 0 saturated heterocycles. The number of rotatable bonds is 7. The summed E-state index contributed by atoms with van der Waals surface area (Å²) < 4.78 is 34.2. The number of carbonyl (C=O) groups excluding carboxylic acids is 1. The summed E-state index contributed by atoms with van der Waals surface area (Å²) in [5, 5.41) is 4.92. The number of thiazole rings is 1.